The van der Waals surface area contributed by atoms with Gasteiger partial charge in [-0.2, -0.15) is 0 Å². The van der Waals surface area contributed by atoms with Gasteiger partial charge >= 0.3 is 0 Å². The summed E-state index contributed by atoms with van der Waals surface area (Å²) in [6.45, 7) is 2.01. The van der Waals surface area contributed by atoms with E-state index in [2.05, 4.69) is 15.9 Å². The first-order valence-electron chi connectivity index (χ1n) is 5.38. The Balaban J connectivity index is 2.26. The fourth-order valence-corrected chi connectivity index (χ4v) is 2.40. The predicted molar refractivity (Wildman–Crippen MR) is 75.3 cm³/mol. The van der Waals surface area contributed by atoms with Gasteiger partial charge in [-0.1, -0.05) is 33.6 Å². The van der Waals surface area contributed by atoms with Crippen molar-refractivity contribution >= 4 is 27.5 Å². The minimum absolute atomic E-state index is 0.261. The number of aryl methyl sites for hydroxylation is 1. The Kier molecular flexibility index (Phi) is 4.25. The Morgan fingerprint density at radius 2 is 2.00 bits per heavy atom. The molecule has 4 heteroatoms. The lowest BCUT2D eigenvalue weighted by Crippen LogP contribution is -1.89. The average molecular weight is 330 g/mol. The highest BCUT2D eigenvalue weighted by Gasteiger charge is 2.06. The Bertz CT molecular complexity index is 572. The van der Waals surface area contributed by atoms with Crippen LogP contribution in [-0.4, -0.2) is 0 Å². The van der Waals surface area contributed by atoms with E-state index in [9.17, 15) is 4.39 Å². The van der Waals surface area contributed by atoms with Crippen LogP contribution in [0.5, 0.6) is 11.5 Å². The van der Waals surface area contributed by atoms with Crippen LogP contribution in [0.15, 0.2) is 36.4 Å². The lowest BCUT2D eigenvalue weighted by atomic mass is 10.1. The molecule has 0 fully saturated rings. The molecule has 2 aromatic rings. The zero-order valence-electron chi connectivity index (χ0n) is 9.71. The Morgan fingerprint density at radius 1 is 1.22 bits per heavy atom. The number of hydrogen-bond acceptors (Lipinski definition) is 1. The molecule has 2 aromatic carbocycles. The van der Waals surface area contributed by atoms with Crippen molar-refractivity contribution in [2.45, 2.75) is 12.3 Å². The molecule has 94 valence electrons. The molecule has 0 spiro atoms. The molecule has 0 radical (unpaired) electrons. The zero-order valence-corrected chi connectivity index (χ0v) is 12.1. The Labute approximate surface area is 119 Å². The summed E-state index contributed by atoms with van der Waals surface area (Å²) in [7, 11) is 0. The van der Waals surface area contributed by atoms with E-state index in [1.54, 1.807) is 0 Å². The van der Waals surface area contributed by atoms with Gasteiger partial charge in [-0.05, 0) is 48.4 Å². The number of ether oxygens (including phenoxy) is 1. The molecule has 18 heavy (non-hydrogen) atoms. The van der Waals surface area contributed by atoms with Gasteiger partial charge in [0.25, 0.3) is 0 Å². The van der Waals surface area contributed by atoms with Gasteiger partial charge in [-0.3, -0.25) is 0 Å². The van der Waals surface area contributed by atoms with E-state index in [1.807, 2.05) is 25.1 Å². The second-order valence-corrected chi connectivity index (χ2v) is 4.87. The number of halogens is 3. The van der Waals surface area contributed by atoms with Crippen molar-refractivity contribution in [1.29, 1.82) is 0 Å². The second-order valence-electron chi connectivity index (χ2n) is 3.90. The third-order valence-corrected chi connectivity index (χ3v) is 3.48. The van der Waals surface area contributed by atoms with Crippen molar-refractivity contribution in [3.63, 3.8) is 0 Å². The molecule has 0 saturated carbocycles. The van der Waals surface area contributed by atoms with Gasteiger partial charge in [-0.15, -0.1) is 0 Å². The van der Waals surface area contributed by atoms with Crippen molar-refractivity contribution in [3.05, 3.63) is 58.4 Å². The summed E-state index contributed by atoms with van der Waals surface area (Å²) in [5.74, 6) is 0.757. The topological polar surface area (TPSA) is 9.23 Å². The van der Waals surface area contributed by atoms with E-state index < -0.39 is 0 Å². The molecule has 2 rings (SSSR count). The molecular formula is C14H11BrClFO. The Hall–Kier alpha value is -1.06. The van der Waals surface area contributed by atoms with Crippen LogP contribution in [-0.2, 0) is 5.33 Å². The van der Waals surface area contributed by atoms with Crippen molar-refractivity contribution in [2.24, 2.45) is 0 Å². The highest BCUT2D eigenvalue weighted by atomic mass is 79.9. The van der Waals surface area contributed by atoms with Gasteiger partial charge < -0.3 is 4.74 Å². The van der Waals surface area contributed by atoms with E-state index in [0.29, 0.717) is 11.5 Å². The molecule has 0 unspecified atom stereocenters. The molecule has 0 heterocycles. The number of hydrogen-bond donors (Lipinski definition) is 0. The van der Waals surface area contributed by atoms with Crippen LogP contribution in [0, 0.1) is 12.7 Å². The maximum absolute atomic E-state index is 12.9. The monoisotopic (exact) mass is 328 g/mol. The van der Waals surface area contributed by atoms with Crippen molar-refractivity contribution in [2.75, 3.05) is 0 Å². The van der Waals surface area contributed by atoms with Gasteiger partial charge in [0.2, 0.25) is 0 Å². The van der Waals surface area contributed by atoms with E-state index >= 15 is 0 Å². The zero-order chi connectivity index (χ0) is 13.1. The molecule has 0 saturated heterocycles. The third kappa shape index (κ3) is 3.03. The van der Waals surface area contributed by atoms with Gasteiger partial charge in [0, 0.05) is 5.33 Å². The van der Waals surface area contributed by atoms with Gasteiger partial charge in [-0.25, -0.2) is 4.39 Å². The first-order chi connectivity index (χ1) is 8.60. The standard InChI is InChI=1S/C14H11BrClFO/c1-9-6-12(4-2-10(9)8-15)18-14-5-3-11(17)7-13(14)16/h2-7H,8H2,1H3. The van der Waals surface area contributed by atoms with Gasteiger partial charge in [0.05, 0.1) is 5.02 Å². The maximum Gasteiger partial charge on any atom is 0.146 e. The minimum Gasteiger partial charge on any atom is -0.456 e. The van der Waals surface area contributed by atoms with E-state index in [0.717, 1.165) is 10.9 Å². The van der Waals surface area contributed by atoms with Crippen LogP contribution >= 0.6 is 27.5 Å². The van der Waals surface area contributed by atoms with Crippen molar-refractivity contribution in [3.8, 4) is 11.5 Å². The van der Waals surface area contributed by atoms with Crippen LogP contribution in [0.4, 0.5) is 4.39 Å². The molecular weight excluding hydrogens is 319 g/mol. The molecule has 0 aliphatic heterocycles. The van der Waals surface area contributed by atoms with E-state index in [4.69, 9.17) is 16.3 Å². The number of alkyl halides is 1. The second kappa shape index (κ2) is 5.72. The summed E-state index contributed by atoms with van der Waals surface area (Å²) in [5, 5.41) is 1.06. The average Bonchev–Trinajstić information content (AvgIpc) is 2.33. The van der Waals surface area contributed by atoms with E-state index in [1.165, 1.54) is 23.8 Å². The quantitative estimate of drug-likeness (QED) is 0.678. The van der Waals surface area contributed by atoms with Gasteiger partial charge in [0.15, 0.2) is 0 Å². The minimum atomic E-state index is -0.377. The lowest BCUT2D eigenvalue weighted by Gasteiger charge is -2.09. The fraction of sp³-hybridized carbons (Fsp3) is 0.143. The van der Waals surface area contributed by atoms with Crippen molar-refractivity contribution < 1.29 is 9.13 Å². The normalized spacial score (nSPS) is 10.4. The van der Waals surface area contributed by atoms with Crippen LogP contribution in [0.3, 0.4) is 0 Å². The predicted octanol–water partition coefficient (Wildman–Crippen LogP) is 5.47. The number of rotatable bonds is 3. The summed E-state index contributed by atoms with van der Waals surface area (Å²) in [4.78, 5) is 0. The summed E-state index contributed by atoms with van der Waals surface area (Å²) in [5.41, 5.74) is 2.33. The summed E-state index contributed by atoms with van der Waals surface area (Å²) in [6.07, 6.45) is 0. The third-order valence-electron chi connectivity index (χ3n) is 2.58. The molecule has 0 aromatic heterocycles. The van der Waals surface area contributed by atoms with Crippen LogP contribution in [0.2, 0.25) is 5.02 Å². The fourth-order valence-electron chi connectivity index (χ4n) is 1.57. The first kappa shape index (κ1) is 13.4. The summed E-state index contributed by atoms with van der Waals surface area (Å²) >= 11 is 9.32. The number of benzene rings is 2. The highest BCUT2D eigenvalue weighted by Crippen LogP contribution is 2.30. The van der Waals surface area contributed by atoms with Crippen LogP contribution in [0.25, 0.3) is 0 Å². The first-order valence-corrected chi connectivity index (χ1v) is 6.88. The molecule has 1 nitrogen and oxygen atoms in total. The van der Waals surface area contributed by atoms with Crippen molar-refractivity contribution in [1.82, 2.24) is 0 Å². The Morgan fingerprint density at radius 3 is 2.61 bits per heavy atom. The van der Waals surface area contributed by atoms with Crippen LogP contribution in [0.1, 0.15) is 11.1 Å². The smallest absolute Gasteiger partial charge is 0.146 e. The lowest BCUT2D eigenvalue weighted by molar-refractivity contribution is 0.480. The molecule has 0 aliphatic carbocycles. The highest BCUT2D eigenvalue weighted by molar-refractivity contribution is 9.08. The molecule has 0 amide bonds. The van der Waals surface area contributed by atoms with Crippen LogP contribution < -0.4 is 4.74 Å². The summed E-state index contributed by atoms with van der Waals surface area (Å²) in [6, 6.07) is 9.85. The van der Waals surface area contributed by atoms with Gasteiger partial charge in [0.1, 0.15) is 17.3 Å². The SMILES string of the molecule is Cc1cc(Oc2ccc(F)cc2Cl)ccc1CBr. The summed E-state index contributed by atoms with van der Waals surface area (Å²) < 4.78 is 18.5. The maximum atomic E-state index is 12.9. The largest absolute Gasteiger partial charge is 0.456 e. The van der Waals surface area contributed by atoms with E-state index in [-0.39, 0.29) is 10.8 Å². The molecule has 0 bridgehead atoms. The molecule has 0 atom stereocenters. The molecule has 0 aliphatic rings. The molecule has 0 N–H and O–H groups in total.